The Morgan fingerprint density at radius 1 is 0.411 bits per heavy atom. The Balaban J connectivity index is 0.000000212. The van der Waals surface area contributed by atoms with Crippen LogP contribution in [0.25, 0.3) is 40.0 Å². The van der Waals surface area contributed by atoms with E-state index in [2.05, 4.69) is 211 Å². The van der Waals surface area contributed by atoms with Gasteiger partial charge in [0.25, 0.3) is 0 Å². The molecule has 762 valence electrons. The molecule has 0 radical (unpaired) electrons. The average Bonchev–Trinajstić information content (AvgIpc) is 1.39. The number of unbranched alkanes of at least 4 members (excludes halogenated alkanes) is 1. The molecule has 0 spiro atoms. The molecule has 1 aromatic heterocycles. The summed E-state index contributed by atoms with van der Waals surface area (Å²) >= 11 is 0. The van der Waals surface area contributed by atoms with E-state index in [0.717, 1.165) is 49.5 Å². The molecule has 1 saturated heterocycles. The van der Waals surface area contributed by atoms with Crippen molar-refractivity contribution < 1.29 is 138 Å². The van der Waals surface area contributed by atoms with Crippen LogP contribution >= 0.6 is 10.5 Å². The lowest BCUT2D eigenvalue weighted by Gasteiger charge is -2.35. The number of sulfonamides is 2. The third-order valence-electron chi connectivity index (χ3n) is 22.1. The molecule has 0 aliphatic carbocycles. The quantitative estimate of drug-likeness (QED) is 0.00725. The molecule has 13 rings (SSSR count). The smallest absolute Gasteiger partial charge is 0.480 e. The highest BCUT2D eigenvalue weighted by molar-refractivity contribution is 8.13. The van der Waals surface area contributed by atoms with Gasteiger partial charge in [0.2, 0.25) is 0 Å². The van der Waals surface area contributed by atoms with Crippen molar-refractivity contribution in [3.05, 3.63) is 288 Å². The Bertz CT molecular complexity index is 6580. The Labute approximate surface area is 825 Å². The van der Waals surface area contributed by atoms with E-state index in [1.807, 2.05) is 27.7 Å². The van der Waals surface area contributed by atoms with Crippen LogP contribution in [0.1, 0.15) is 132 Å². The summed E-state index contributed by atoms with van der Waals surface area (Å²) in [5.41, 5.74) is -7.20. The van der Waals surface area contributed by atoms with E-state index in [9.17, 15) is 105 Å². The molecule has 23 nitrogen and oxygen atoms in total. The molecule has 0 bridgehead atoms. The SMILES string of the molecule is CCC(C)(C)C(=O)OCCCOc1ccc(S(=O)(=O)[O-])cc1.CCC(C)(C)C(=O)OCCc1ccc(OS(=O)(=O)C(F)(F)C(F)(F)C(F)(F)S(=O)(=O)[N-]S(=O)(=O)C(F)(F)F)cc1.CCC(C)(C)C(=O)Oc1ccc(S(=O)(=O)[O-])cc1.CCCCOc1ccc([S+]2CCCC2)c2ccccc12.OCCc1ccc(-[s+]2c3ccccc3c3ccccc32)cc1.c1ccc([S+](c2ccccc2)c2ccccc2)cc1. The number of halogens is 9. The van der Waals surface area contributed by atoms with E-state index in [1.165, 1.54) is 123 Å². The lowest BCUT2D eigenvalue weighted by atomic mass is 9.91. The monoisotopic (exact) mass is 2120 g/mol. The number of ether oxygens (including phenoxy) is 5. The number of nitrogens with zero attached hydrogens (tertiary/aromatic N) is 1. The van der Waals surface area contributed by atoms with Crippen molar-refractivity contribution >= 4 is 132 Å². The predicted molar refractivity (Wildman–Crippen MR) is 527 cm³/mol. The van der Waals surface area contributed by atoms with E-state index in [-0.39, 0.29) is 74.7 Å². The van der Waals surface area contributed by atoms with Crippen LogP contribution < -0.4 is 18.4 Å². The third-order valence-corrected chi connectivity index (χ3v) is 35.3. The van der Waals surface area contributed by atoms with Gasteiger partial charge in [-0.25, -0.2) is 33.7 Å². The highest BCUT2D eigenvalue weighted by Crippen LogP contribution is 2.54. The summed E-state index contributed by atoms with van der Waals surface area (Å²) < 4.78 is 286. The maximum atomic E-state index is 14.1. The molecule has 141 heavy (non-hydrogen) atoms. The first-order valence-corrected chi connectivity index (χ1v) is 55.4. The maximum absolute atomic E-state index is 14.1. The number of aliphatic hydroxyl groups excluding tert-OH is 1. The zero-order valence-electron chi connectivity index (χ0n) is 78.6. The molecule has 1 fully saturated rings. The molecule has 11 aromatic carbocycles. The number of thiophene rings is 1. The summed E-state index contributed by atoms with van der Waals surface area (Å²) in [7, 11) is -31.2. The maximum Gasteiger partial charge on any atom is 0.480 e. The molecule has 0 unspecified atom stereocenters. The molecule has 1 aliphatic rings. The summed E-state index contributed by atoms with van der Waals surface area (Å²) in [5, 5.41) is -0.222. The number of carbonyl (C=O) groups is 3. The van der Waals surface area contributed by atoms with Crippen LogP contribution in [0.2, 0.25) is 0 Å². The number of hydrogen-bond donors (Lipinski definition) is 1. The minimum Gasteiger partial charge on any atom is -0.744 e. The third kappa shape index (κ3) is 31.2. The van der Waals surface area contributed by atoms with Gasteiger partial charge in [-0.15, -0.1) is 0 Å². The number of aliphatic hydroxyl groups is 1. The Hall–Kier alpha value is -10.6. The minimum absolute atomic E-state index is 0.0146. The molecular weight excluding hydrogens is 2010 g/mol. The fourth-order valence-corrected chi connectivity index (χ4v) is 23.7. The van der Waals surface area contributed by atoms with Crippen LogP contribution in [0.3, 0.4) is 0 Å². The lowest BCUT2D eigenvalue weighted by molar-refractivity contribution is -0.245. The fraction of sp³-hybridized carbons (Fsp3) is 0.337. The molecule has 0 amide bonds. The van der Waals surface area contributed by atoms with Crippen molar-refractivity contribution in [2.75, 3.05) is 44.5 Å². The highest BCUT2D eigenvalue weighted by Gasteiger charge is 2.81. The number of fused-ring (bicyclic) bond motifs is 4. The summed E-state index contributed by atoms with van der Waals surface area (Å²) in [5.74, 6) is -5.55. The predicted octanol–water partition coefficient (Wildman–Crippen LogP) is 23.4. The van der Waals surface area contributed by atoms with Crippen molar-refractivity contribution in [2.24, 2.45) is 16.2 Å². The van der Waals surface area contributed by atoms with Crippen molar-refractivity contribution in [1.82, 2.24) is 0 Å². The topological polar surface area (TPSA) is 358 Å². The minimum atomic E-state index is -8.01. The molecule has 0 atom stereocenters. The lowest BCUT2D eigenvalue weighted by Crippen LogP contribution is -2.61. The Morgan fingerprint density at radius 2 is 0.809 bits per heavy atom. The van der Waals surface area contributed by atoms with Crippen molar-refractivity contribution in [2.45, 2.75) is 185 Å². The summed E-state index contributed by atoms with van der Waals surface area (Å²) in [6.45, 7) is 19.5. The molecule has 2 heterocycles. The van der Waals surface area contributed by atoms with E-state index in [4.69, 9.17) is 28.8 Å². The van der Waals surface area contributed by atoms with Gasteiger partial charge in [-0.3, -0.25) is 14.4 Å². The van der Waals surface area contributed by atoms with Crippen molar-refractivity contribution in [3.8, 4) is 27.9 Å². The van der Waals surface area contributed by atoms with Gasteiger partial charge in [0.15, 0.2) is 53.9 Å². The molecule has 1 aliphatic heterocycles. The average molecular weight is 2120 g/mol. The van der Waals surface area contributed by atoms with Crippen LogP contribution in [0.5, 0.6) is 23.0 Å². The first-order chi connectivity index (χ1) is 66.2. The second kappa shape index (κ2) is 50.5. The van der Waals surface area contributed by atoms with Crippen LogP contribution in [0.15, 0.2) is 302 Å². The van der Waals surface area contributed by atoms with Crippen LogP contribution in [0.4, 0.5) is 39.5 Å². The normalized spacial score (nSPS) is 13.0. The van der Waals surface area contributed by atoms with Crippen LogP contribution in [-0.4, -0.2) is 141 Å². The van der Waals surface area contributed by atoms with E-state index in [0.29, 0.717) is 65.2 Å². The fourth-order valence-electron chi connectivity index (χ4n) is 12.6. The second-order valence-corrected chi connectivity index (χ2v) is 47.6. The molecule has 40 heteroatoms. The number of alkyl halides is 9. The standard InChI is InChI=1S/C20H17OS.C18H19F9NO9S3.C18H23OS.C18H15S.C15H22O6S.C12H16O5S/c21-14-13-15-9-11-16(12-10-15)22-19-7-3-1-5-17(19)18-6-2-4-8-20(18)22;1-4-14(2,3)13(29)36-10-9-11-5-7-12(8-6-11)37-40(34,35)17(23,24)15(19,20)16(21,22)38(30,31)28-39(32,33)18(25,26)27;1-2-3-12-19-17-10-11-18(20-13-6-7-14-20)16-9-5-4-8-15(16)17;1-4-10-16(11-5-1)19(17-12-6-2-7-13-17)18-14-8-3-9-15-18;1-4-15(2,3)14(16)21-11-5-10-20-12-6-8-13(9-7-12)22(17,18)19;1-4-12(2,3)11(13)17-9-5-7-10(8-6-9)18(14,15)16/h1-12,21H,13-14H2;5-8H,4,9-10H2,1-3H3;4-5,8-11H,2-3,6-7,12-14H2,1H3;1-15H;6-9H,4-5,10-11H2,1-3H3,(H,17,18,19);5-8H,4H2,1-3H3,(H,14,15,16)/q+1;-1;2*+1;;/p-2. The first-order valence-electron chi connectivity index (χ1n) is 44.3. The largest absolute Gasteiger partial charge is 0.744 e. The van der Waals surface area contributed by atoms with E-state index >= 15 is 0 Å². The Morgan fingerprint density at radius 3 is 1.25 bits per heavy atom. The number of hydrogen-bond acceptors (Lipinski definition) is 22. The van der Waals surface area contributed by atoms with Crippen molar-refractivity contribution in [1.29, 1.82) is 0 Å². The van der Waals surface area contributed by atoms with Gasteiger partial charge in [-0.05, 0) is 249 Å². The number of rotatable bonds is 36. The Kier molecular flexibility index (Phi) is 41.5. The second-order valence-electron chi connectivity index (χ2n) is 33.5. The van der Waals surface area contributed by atoms with Crippen LogP contribution in [0, 0.1) is 16.2 Å². The number of carbonyl (C=O) groups excluding carboxylic acids is 3. The zero-order valence-corrected chi connectivity index (χ0v) is 85.2. The first kappa shape index (κ1) is 116. The summed E-state index contributed by atoms with van der Waals surface area (Å²) in [6.07, 6.45) is 8.08. The molecule has 1 N–H and O–H groups in total. The summed E-state index contributed by atoms with van der Waals surface area (Å²) in [6, 6.07) is 84.6. The van der Waals surface area contributed by atoms with Gasteiger partial charge in [0.1, 0.15) is 54.7 Å². The molecular formula is C101H110F9NO22S8. The molecule has 12 aromatic rings. The number of esters is 3. The van der Waals surface area contributed by atoms with E-state index < -0.39 is 106 Å². The number of benzene rings is 11. The summed E-state index contributed by atoms with van der Waals surface area (Å²) in [4.78, 5) is 41.7. The van der Waals surface area contributed by atoms with Gasteiger partial charge in [0.05, 0.1) is 63.4 Å². The van der Waals surface area contributed by atoms with Gasteiger partial charge in [0, 0.05) is 62.4 Å². The zero-order chi connectivity index (χ0) is 104. The van der Waals surface area contributed by atoms with Crippen molar-refractivity contribution in [3.63, 3.8) is 0 Å². The van der Waals surface area contributed by atoms with Gasteiger partial charge >= 0.3 is 50.0 Å². The van der Waals surface area contributed by atoms with Gasteiger partial charge < -0.3 is 46.2 Å². The highest BCUT2D eigenvalue weighted by atomic mass is 32.3. The van der Waals surface area contributed by atoms with E-state index in [1.54, 1.807) is 39.5 Å². The van der Waals surface area contributed by atoms with Gasteiger partial charge in [-0.1, -0.05) is 155 Å². The van der Waals surface area contributed by atoms with Crippen LogP contribution in [-0.2, 0) is 109 Å². The van der Waals surface area contributed by atoms with Gasteiger partial charge in [-0.2, -0.15) is 47.9 Å². The molecule has 0 saturated carbocycles.